The number of anilines is 1. The lowest BCUT2D eigenvalue weighted by molar-refractivity contribution is 0.0658. The first-order valence-electron chi connectivity index (χ1n) is 8.58. The number of hydrogen-bond donors (Lipinski definition) is 0. The molecule has 2 saturated heterocycles. The molecule has 0 aliphatic carbocycles. The molecule has 126 valence electrons. The molecule has 23 heavy (non-hydrogen) atoms. The van der Waals surface area contributed by atoms with Gasteiger partial charge in [0.25, 0.3) is 5.91 Å². The Balaban J connectivity index is 1.66. The normalized spacial score (nSPS) is 20.8. The van der Waals surface area contributed by atoms with Crippen LogP contribution in [0.4, 0.5) is 5.69 Å². The molecule has 0 N–H and O–H groups in total. The smallest absolute Gasteiger partial charge is 0.272 e. The molecular formula is C17H27N5O. The van der Waals surface area contributed by atoms with Crippen LogP contribution in [0.3, 0.4) is 0 Å². The Morgan fingerprint density at radius 1 is 1.09 bits per heavy atom. The van der Waals surface area contributed by atoms with Gasteiger partial charge in [-0.1, -0.05) is 6.92 Å². The highest BCUT2D eigenvalue weighted by Crippen LogP contribution is 2.18. The van der Waals surface area contributed by atoms with E-state index in [0.29, 0.717) is 5.69 Å². The van der Waals surface area contributed by atoms with Crippen molar-refractivity contribution in [3.05, 3.63) is 24.0 Å². The van der Waals surface area contributed by atoms with E-state index in [-0.39, 0.29) is 5.91 Å². The number of carbonyl (C=O) groups is 1. The average Bonchev–Trinajstić information content (AvgIpc) is 2.62. The van der Waals surface area contributed by atoms with Crippen LogP contribution in [-0.2, 0) is 0 Å². The number of piperazine rings is 2. The molecule has 0 radical (unpaired) electrons. The maximum atomic E-state index is 12.7. The van der Waals surface area contributed by atoms with Crippen molar-refractivity contribution in [2.24, 2.45) is 0 Å². The van der Waals surface area contributed by atoms with Gasteiger partial charge in [0.15, 0.2) is 0 Å². The fraction of sp³-hybridized carbons (Fsp3) is 0.647. The van der Waals surface area contributed by atoms with Gasteiger partial charge in [-0.15, -0.1) is 0 Å². The van der Waals surface area contributed by atoms with E-state index < -0.39 is 0 Å². The number of hydrogen-bond acceptors (Lipinski definition) is 5. The molecule has 1 amide bonds. The highest BCUT2D eigenvalue weighted by atomic mass is 16.2. The van der Waals surface area contributed by atoms with Crippen molar-refractivity contribution in [3.63, 3.8) is 0 Å². The van der Waals surface area contributed by atoms with Crippen molar-refractivity contribution in [1.82, 2.24) is 19.7 Å². The Morgan fingerprint density at radius 2 is 1.78 bits per heavy atom. The second kappa shape index (κ2) is 7.27. The SMILES string of the molecule is CCN1CCN(c2ccnc(C(=O)N3CCN(C)CC3)c2)CC1. The van der Waals surface area contributed by atoms with Gasteiger partial charge in [0.05, 0.1) is 0 Å². The number of amides is 1. The summed E-state index contributed by atoms with van der Waals surface area (Å²) in [5.74, 6) is 0.0622. The number of carbonyl (C=O) groups excluding carboxylic acids is 1. The molecule has 0 unspecified atom stereocenters. The van der Waals surface area contributed by atoms with Gasteiger partial charge in [-0.25, -0.2) is 0 Å². The summed E-state index contributed by atoms with van der Waals surface area (Å²) >= 11 is 0. The van der Waals surface area contributed by atoms with Gasteiger partial charge in [0.1, 0.15) is 5.69 Å². The molecule has 6 nitrogen and oxygen atoms in total. The lowest BCUT2D eigenvalue weighted by Gasteiger charge is -2.36. The summed E-state index contributed by atoms with van der Waals surface area (Å²) in [6.45, 7) is 11.0. The fourth-order valence-electron chi connectivity index (χ4n) is 3.23. The van der Waals surface area contributed by atoms with E-state index in [1.807, 2.05) is 17.0 Å². The van der Waals surface area contributed by atoms with Crippen molar-refractivity contribution in [2.75, 3.05) is 70.9 Å². The van der Waals surface area contributed by atoms with E-state index in [2.05, 4.69) is 33.7 Å². The predicted octanol–water partition coefficient (Wildman–Crippen LogP) is 0.611. The second-order valence-electron chi connectivity index (χ2n) is 6.42. The van der Waals surface area contributed by atoms with E-state index >= 15 is 0 Å². The van der Waals surface area contributed by atoms with E-state index in [4.69, 9.17) is 0 Å². The highest BCUT2D eigenvalue weighted by molar-refractivity contribution is 5.93. The highest BCUT2D eigenvalue weighted by Gasteiger charge is 2.22. The lowest BCUT2D eigenvalue weighted by Crippen LogP contribution is -2.47. The monoisotopic (exact) mass is 317 g/mol. The van der Waals surface area contributed by atoms with Gasteiger partial charge < -0.3 is 19.6 Å². The molecule has 1 aromatic heterocycles. The van der Waals surface area contributed by atoms with Gasteiger partial charge in [-0.2, -0.15) is 0 Å². The van der Waals surface area contributed by atoms with E-state index in [1.165, 1.54) is 0 Å². The Morgan fingerprint density at radius 3 is 2.43 bits per heavy atom. The lowest BCUT2D eigenvalue weighted by atomic mass is 10.2. The van der Waals surface area contributed by atoms with Crippen LogP contribution < -0.4 is 4.90 Å². The van der Waals surface area contributed by atoms with Gasteiger partial charge in [-0.05, 0) is 25.7 Å². The summed E-state index contributed by atoms with van der Waals surface area (Å²) in [5.41, 5.74) is 1.69. The van der Waals surface area contributed by atoms with Crippen LogP contribution in [0.25, 0.3) is 0 Å². The average molecular weight is 317 g/mol. The molecule has 0 spiro atoms. The third-order valence-electron chi connectivity index (χ3n) is 4.94. The third kappa shape index (κ3) is 3.82. The van der Waals surface area contributed by atoms with Crippen LogP contribution in [-0.4, -0.2) is 91.5 Å². The van der Waals surface area contributed by atoms with Crippen molar-refractivity contribution in [1.29, 1.82) is 0 Å². The van der Waals surface area contributed by atoms with Crippen molar-refractivity contribution < 1.29 is 4.79 Å². The molecule has 2 aliphatic rings. The van der Waals surface area contributed by atoms with E-state index in [9.17, 15) is 4.79 Å². The van der Waals surface area contributed by atoms with Crippen molar-refractivity contribution in [2.45, 2.75) is 6.92 Å². The van der Waals surface area contributed by atoms with Gasteiger partial charge >= 0.3 is 0 Å². The quantitative estimate of drug-likeness (QED) is 0.817. The van der Waals surface area contributed by atoms with Crippen molar-refractivity contribution >= 4 is 11.6 Å². The predicted molar refractivity (Wildman–Crippen MR) is 92.0 cm³/mol. The van der Waals surface area contributed by atoms with Crippen LogP contribution in [0.1, 0.15) is 17.4 Å². The maximum Gasteiger partial charge on any atom is 0.272 e. The number of rotatable bonds is 3. The summed E-state index contributed by atoms with van der Waals surface area (Å²) in [6.07, 6.45) is 1.77. The summed E-state index contributed by atoms with van der Waals surface area (Å²) in [4.78, 5) is 26.0. The molecule has 3 rings (SSSR count). The Hall–Kier alpha value is -1.66. The minimum absolute atomic E-state index is 0.0622. The van der Waals surface area contributed by atoms with E-state index in [1.54, 1.807) is 6.20 Å². The number of likely N-dealkylation sites (N-methyl/N-ethyl adjacent to an activating group) is 2. The molecule has 0 saturated carbocycles. The summed E-state index contributed by atoms with van der Waals surface area (Å²) in [5, 5.41) is 0. The first-order valence-corrected chi connectivity index (χ1v) is 8.58. The summed E-state index contributed by atoms with van der Waals surface area (Å²) < 4.78 is 0. The van der Waals surface area contributed by atoms with Crippen LogP contribution in [0.15, 0.2) is 18.3 Å². The molecule has 2 aliphatic heterocycles. The number of aromatic nitrogens is 1. The van der Waals surface area contributed by atoms with Crippen LogP contribution >= 0.6 is 0 Å². The third-order valence-corrected chi connectivity index (χ3v) is 4.94. The summed E-state index contributed by atoms with van der Waals surface area (Å²) in [6, 6.07) is 3.98. The second-order valence-corrected chi connectivity index (χ2v) is 6.42. The minimum Gasteiger partial charge on any atom is -0.369 e. The largest absolute Gasteiger partial charge is 0.369 e. The Kier molecular flexibility index (Phi) is 5.13. The first-order chi connectivity index (χ1) is 11.2. The maximum absolute atomic E-state index is 12.7. The topological polar surface area (TPSA) is 42.9 Å². The van der Waals surface area contributed by atoms with Crippen LogP contribution in [0, 0.1) is 0 Å². The van der Waals surface area contributed by atoms with Gasteiger partial charge in [0.2, 0.25) is 0 Å². The zero-order valence-corrected chi connectivity index (χ0v) is 14.2. The zero-order valence-electron chi connectivity index (χ0n) is 14.2. The Bertz CT molecular complexity index is 534. The van der Waals surface area contributed by atoms with E-state index in [0.717, 1.165) is 64.6 Å². The summed E-state index contributed by atoms with van der Waals surface area (Å²) in [7, 11) is 2.09. The fourth-order valence-corrected chi connectivity index (χ4v) is 3.23. The molecule has 0 bridgehead atoms. The number of pyridine rings is 1. The molecule has 3 heterocycles. The molecule has 0 atom stereocenters. The standard InChI is InChI=1S/C17H27N5O/c1-3-20-8-12-21(13-9-20)15-4-5-18-16(14-15)17(23)22-10-6-19(2)7-11-22/h4-5,14H,3,6-13H2,1-2H3. The zero-order chi connectivity index (χ0) is 16.2. The number of nitrogens with zero attached hydrogens (tertiary/aromatic N) is 5. The molecule has 0 aromatic carbocycles. The minimum atomic E-state index is 0.0622. The molecule has 1 aromatic rings. The first kappa shape index (κ1) is 16.2. The van der Waals surface area contributed by atoms with Gasteiger partial charge in [0, 0.05) is 64.2 Å². The van der Waals surface area contributed by atoms with Crippen LogP contribution in [0.5, 0.6) is 0 Å². The van der Waals surface area contributed by atoms with Crippen LogP contribution in [0.2, 0.25) is 0 Å². The molecule has 2 fully saturated rings. The molecular weight excluding hydrogens is 290 g/mol. The Labute approximate surface area is 138 Å². The van der Waals surface area contributed by atoms with Gasteiger partial charge in [-0.3, -0.25) is 9.78 Å². The van der Waals surface area contributed by atoms with Crippen molar-refractivity contribution in [3.8, 4) is 0 Å². The molecule has 6 heteroatoms.